The second-order valence-electron chi connectivity index (χ2n) is 5.65. The molecule has 0 spiro atoms. The van der Waals surface area contributed by atoms with Crippen LogP contribution in [0.4, 0.5) is 11.6 Å². The van der Waals surface area contributed by atoms with Crippen molar-refractivity contribution >= 4 is 22.8 Å². The van der Waals surface area contributed by atoms with Gasteiger partial charge in [0.25, 0.3) is 0 Å². The Hall–Kier alpha value is -2.67. The van der Waals surface area contributed by atoms with Crippen molar-refractivity contribution in [3.63, 3.8) is 0 Å². The number of nitrogens with zero attached hydrogens (tertiary/aromatic N) is 4. The number of fused-ring (bicyclic) bond motifs is 1. The number of anilines is 2. The summed E-state index contributed by atoms with van der Waals surface area (Å²) in [5, 5.41) is 3.23. The molecule has 0 aliphatic carbocycles. The molecule has 0 saturated carbocycles. The van der Waals surface area contributed by atoms with Gasteiger partial charge in [-0.3, -0.25) is 0 Å². The highest BCUT2D eigenvalue weighted by molar-refractivity contribution is 5.78. The molecule has 3 aromatic rings. The van der Waals surface area contributed by atoms with E-state index in [-0.39, 0.29) is 0 Å². The molecule has 1 N–H and O–H groups in total. The number of unbranched alkanes of at least 4 members (excludes halogenated alkanes) is 1. The second kappa shape index (κ2) is 8.43. The summed E-state index contributed by atoms with van der Waals surface area (Å²) in [5.41, 5.74) is 2.37. The molecule has 0 bridgehead atoms. The molecule has 0 radical (unpaired) electrons. The molecule has 132 valence electrons. The SMILES string of the molecule is CCCCn1cnc2c(OCCOC)nc(Nc3ccccc3)nc21. The van der Waals surface area contributed by atoms with Gasteiger partial charge in [-0.2, -0.15) is 9.97 Å². The van der Waals surface area contributed by atoms with E-state index in [4.69, 9.17) is 9.47 Å². The minimum atomic E-state index is 0.412. The lowest BCUT2D eigenvalue weighted by Crippen LogP contribution is -2.08. The van der Waals surface area contributed by atoms with Gasteiger partial charge in [0.1, 0.15) is 6.61 Å². The molecule has 0 saturated heterocycles. The van der Waals surface area contributed by atoms with Crippen LogP contribution < -0.4 is 10.1 Å². The fourth-order valence-electron chi connectivity index (χ4n) is 2.44. The average Bonchev–Trinajstić information content (AvgIpc) is 3.04. The molecule has 0 atom stereocenters. The number of nitrogens with one attached hydrogen (secondary N) is 1. The maximum atomic E-state index is 5.76. The average molecular weight is 341 g/mol. The molecule has 2 aromatic heterocycles. The Balaban J connectivity index is 1.94. The van der Waals surface area contributed by atoms with Crippen LogP contribution in [-0.2, 0) is 11.3 Å². The van der Waals surface area contributed by atoms with Crippen LogP contribution in [0.3, 0.4) is 0 Å². The summed E-state index contributed by atoms with van der Waals surface area (Å²) in [7, 11) is 1.64. The zero-order chi connectivity index (χ0) is 17.5. The van der Waals surface area contributed by atoms with Gasteiger partial charge in [0, 0.05) is 19.3 Å². The molecule has 2 heterocycles. The molecule has 0 fully saturated rings. The molecule has 0 unspecified atom stereocenters. The van der Waals surface area contributed by atoms with Crippen molar-refractivity contribution in [2.75, 3.05) is 25.6 Å². The zero-order valence-electron chi connectivity index (χ0n) is 14.6. The molecule has 0 aliphatic heterocycles. The summed E-state index contributed by atoms with van der Waals surface area (Å²) in [6.45, 7) is 3.93. The van der Waals surface area contributed by atoms with Crippen LogP contribution in [-0.4, -0.2) is 39.8 Å². The highest BCUT2D eigenvalue weighted by Crippen LogP contribution is 2.24. The van der Waals surface area contributed by atoms with Crippen molar-refractivity contribution in [1.82, 2.24) is 19.5 Å². The first kappa shape index (κ1) is 17.2. The fourth-order valence-corrected chi connectivity index (χ4v) is 2.44. The van der Waals surface area contributed by atoms with Crippen molar-refractivity contribution in [3.8, 4) is 5.88 Å². The number of aryl methyl sites for hydroxylation is 1. The van der Waals surface area contributed by atoms with Crippen LogP contribution in [0.25, 0.3) is 11.2 Å². The molecule has 3 rings (SSSR count). The number of benzene rings is 1. The minimum absolute atomic E-state index is 0.412. The lowest BCUT2D eigenvalue weighted by atomic mass is 10.3. The highest BCUT2D eigenvalue weighted by atomic mass is 16.5. The van der Waals surface area contributed by atoms with Crippen molar-refractivity contribution < 1.29 is 9.47 Å². The van der Waals surface area contributed by atoms with Gasteiger partial charge in [0.15, 0.2) is 11.2 Å². The third kappa shape index (κ3) is 4.24. The van der Waals surface area contributed by atoms with Crippen molar-refractivity contribution in [1.29, 1.82) is 0 Å². The summed E-state index contributed by atoms with van der Waals surface area (Å²) in [6.07, 6.45) is 3.97. The summed E-state index contributed by atoms with van der Waals surface area (Å²) in [6, 6.07) is 9.82. The van der Waals surface area contributed by atoms with E-state index in [2.05, 4.69) is 27.2 Å². The number of para-hydroxylation sites is 1. The number of ether oxygens (including phenoxy) is 2. The number of hydrogen-bond acceptors (Lipinski definition) is 6. The van der Waals surface area contributed by atoms with Crippen molar-refractivity contribution in [2.24, 2.45) is 0 Å². The predicted molar refractivity (Wildman–Crippen MR) is 97.3 cm³/mol. The predicted octanol–water partition coefficient (Wildman–Crippen LogP) is 3.40. The number of aromatic nitrogens is 4. The number of hydrogen-bond donors (Lipinski definition) is 1. The van der Waals surface area contributed by atoms with Crippen LogP contribution in [0.1, 0.15) is 19.8 Å². The first-order chi connectivity index (χ1) is 12.3. The summed E-state index contributed by atoms with van der Waals surface area (Å²) >= 11 is 0. The minimum Gasteiger partial charge on any atom is -0.474 e. The molecule has 1 aromatic carbocycles. The van der Waals surface area contributed by atoms with E-state index in [9.17, 15) is 0 Å². The van der Waals surface area contributed by atoms with E-state index >= 15 is 0 Å². The van der Waals surface area contributed by atoms with Gasteiger partial charge in [-0.05, 0) is 18.6 Å². The summed E-state index contributed by atoms with van der Waals surface area (Å²) in [4.78, 5) is 13.6. The quantitative estimate of drug-likeness (QED) is 0.601. The normalized spacial score (nSPS) is 11.0. The Morgan fingerprint density at radius 1 is 1.12 bits per heavy atom. The van der Waals surface area contributed by atoms with Crippen molar-refractivity contribution in [2.45, 2.75) is 26.3 Å². The molecule has 7 heteroatoms. The topological polar surface area (TPSA) is 74.1 Å². The Bertz CT molecular complexity index is 804. The van der Waals surface area contributed by atoms with Crippen LogP contribution in [0.2, 0.25) is 0 Å². The van der Waals surface area contributed by atoms with Crippen molar-refractivity contribution in [3.05, 3.63) is 36.7 Å². The van der Waals surface area contributed by atoms with E-state index in [1.54, 1.807) is 13.4 Å². The number of rotatable bonds is 9. The molecule has 0 aliphatic rings. The molecule has 25 heavy (non-hydrogen) atoms. The van der Waals surface area contributed by atoms with Gasteiger partial charge in [0.05, 0.1) is 12.9 Å². The zero-order valence-corrected chi connectivity index (χ0v) is 14.6. The molecular weight excluding hydrogens is 318 g/mol. The van der Waals surface area contributed by atoms with Gasteiger partial charge in [-0.15, -0.1) is 0 Å². The van der Waals surface area contributed by atoms with E-state index in [1.807, 2.05) is 34.9 Å². The Morgan fingerprint density at radius 3 is 2.72 bits per heavy atom. The lowest BCUT2D eigenvalue weighted by Gasteiger charge is -2.10. The number of methoxy groups -OCH3 is 1. The Labute approximate surface area is 147 Å². The summed E-state index contributed by atoms with van der Waals surface area (Å²) < 4.78 is 12.9. The summed E-state index contributed by atoms with van der Waals surface area (Å²) in [5.74, 6) is 0.958. The molecule has 0 amide bonds. The first-order valence-corrected chi connectivity index (χ1v) is 8.48. The monoisotopic (exact) mass is 341 g/mol. The van der Waals surface area contributed by atoms with E-state index in [1.165, 1.54) is 0 Å². The fraction of sp³-hybridized carbons (Fsp3) is 0.389. The standard InChI is InChI=1S/C18H23N5O2/c1-3-4-10-23-13-19-15-16(23)21-18(20-14-8-6-5-7-9-14)22-17(15)25-12-11-24-2/h5-9,13H,3-4,10-12H2,1-2H3,(H,20,21,22). The van der Waals surface area contributed by atoms with Gasteiger partial charge < -0.3 is 19.4 Å². The largest absolute Gasteiger partial charge is 0.474 e. The maximum Gasteiger partial charge on any atom is 0.247 e. The third-order valence-electron chi connectivity index (χ3n) is 3.74. The highest BCUT2D eigenvalue weighted by Gasteiger charge is 2.14. The second-order valence-corrected chi connectivity index (χ2v) is 5.65. The van der Waals surface area contributed by atoms with Crippen LogP contribution >= 0.6 is 0 Å². The van der Waals surface area contributed by atoms with Crippen LogP contribution in [0, 0.1) is 0 Å². The molecule has 7 nitrogen and oxygen atoms in total. The Morgan fingerprint density at radius 2 is 1.96 bits per heavy atom. The van der Waals surface area contributed by atoms with Gasteiger partial charge >= 0.3 is 0 Å². The van der Waals surface area contributed by atoms with Crippen LogP contribution in [0.15, 0.2) is 36.7 Å². The third-order valence-corrected chi connectivity index (χ3v) is 3.74. The van der Waals surface area contributed by atoms with E-state index in [0.29, 0.717) is 30.6 Å². The van der Waals surface area contributed by atoms with Crippen LogP contribution in [0.5, 0.6) is 5.88 Å². The van der Waals surface area contributed by atoms with Gasteiger partial charge in [-0.25, -0.2) is 4.98 Å². The smallest absolute Gasteiger partial charge is 0.247 e. The Kier molecular flexibility index (Phi) is 5.79. The lowest BCUT2D eigenvalue weighted by molar-refractivity contribution is 0.144. The maximum absolute atomic E-state index is 5.76. The van der Waals surface area contributed by atoms with E-state index < -0.39 is 0 Å². The number of imidazole rings is 1. The van der Waals surface area contributed by atoms with Gasteiger partial charge in [-0.1, -0.05) is 31.5 Å². The molecular formula is C18H23N5O2. The first-order valence-electron chi connectivity index (χ1n) is 8.48. The van der Waals surface area contributed by atoms with Gasteiger partial charge in [0.2, 0.25) is 11.8 Å². The van der Waals surface area contributed by atoms with E-state index in [0.717, 1.165) is 30.7 Å².